The third-order valence-corrected chi connectivity index (χ3v) is 4.18. The van der Waals surface area contributed by atoms with Gasteiger partial charge in [0.2, 0.25) is 5.82 Å². The highest BCUT2D eigenvalue weighted by Crippen LogP contribution is 2.46. The highest BCUT2D eigenvalue weighted by atomic mass is 35.5. The molecule has 0 radical (unpaired) electrons. The van der Waals surface area contributed by atoms with Gasteiger partial charge in [0.1, 0.15) is 0 Å². The molecule has 7 nitrogen and oxygen atoms in total. The first-order chi connectivity index (χ1) is 11.7. The summed E-state index contributed by atoms with van der Waals surface area (Å²) in [6.45, 7) is 0. The molecule has 10 heteroatoms. The molecule has 0 saturated heterocycles. The van der Waals surface area contributed by atoms with Crippen molar-refractivity contribution in [3.8, 4) is 11.4 Å². The number of alkyl halides is 3. The summed E-state index contributed by atoms with van der Waals surface area (Å²) >= 11 is 4.85. The predicted molar refractivity (Wildman–Crippen MR) is 83.7 cm³/mol. The number of halogens is 3. The van der Waals surface area contributed by atoms with Crippen molar-refractivity contribution in [1.29, 1.82) is 0 Å². The Labute approximate surface area is 146 Å². The minimum Gasteiger partial charge on any atom is -0.331 e. The maximum atomic E-state index is 12.9. The van der Waals surface area contributed by atoms with Crippen LogP contribution < -0.4 is 5.32 Å². The molecule has 0 aliphatic heterocycles. The predicted octanol–water partition coefficient (Wildman–Crippen LogP) is 3.22. The van der Waals surface area contributed by atoms with E-state index in [9.17, 15) is 13.6 Å². The number of nitrogens with zero attached hydrogens (tertiary/aromatic N) is 3. The van der Waals surface area contributed by atoms with Crippen LogP contribution in [0.1, 0.15) is 24.3 Å². The Bertz CT molecular complexity index is 772. The van der Waals surface area contributed by atoms with Crippen molar-refractivity contribution >= 4 is 17.6 Å². The maximum Gasteiger partial charge on any atom is 0.400 e. The number of hydrogen-bond acceptors (Lipinski definition) is 5. The average Bonchev–Trinajstić information content (AvgIpc) is 3.17. The van der Waals surface area contributed by atoms with Crippen molar-refractivity contribution < 1.29 is 22.9 Å². The average molecular weight is 373 g/mol. The molecule has 0 bridgehead atoms. The monoisotopic (exact) mass is 372 g/mol. The number of hydroxylamine groups is 2. The first-order valence-electron chi connectivity index (χ1n) is 7.37. The molecule has 2 aromatic rings. The fourth-order valence-electron chi connectivity index (χ4n) is 2.37. The standard InChI is InChI=1S/C15H15ClF2N4O3/c1-22(24-2)13(23)20-14(7-8-14)10-5-3-9(4-6-10)11-19-12(25-21-11)15(16,17)18/h3-6H,7-8H2,1-2H3,(H,20,23). The van der Waals surface area contributed by atoms with Gasteiger partial charge in [-0.3, -0.25) is 4.84 Å². The fraction of sp³-hybridized carbons (Fsp3) is 0.400. The van der Waals surface area contributed by atoms with E-state index < -0.39 is 16.8 Å². The van der Waals surface area contributed by atoms with E-state index in [0.717, 1.165) is 23.5 Å². The number of benzene rings is 1. The quantitative estimate of drug-likeness (QED) is 0.644. The van der Waals surface area contributed by atoms with Gasteiger partial charge in [-0.2, -0.15) is 13.8 Å². The SMILES string of the molecule is CON(C)C(=O)NC1(c2ccc(-c3noc(C(F)(F)Cl)n3)cc2)CC1. The zero-order chi connectivity index (χ0) is 18.2. The van der Waals surface area contributed by atoms with Gasteiger partial charge in [0.15, 0.2) is 0 Å². The van der Waals surface area contributed by atoms with Crippen LogP contribution in [-0.4, -0.2) is 35.4 Å². The van der Waals surface area contributed by atoms with Gasteiger partial charge in [0, 0.05) is 12.6 Å². The lowest BCUT2D eigenvalue weighted by Crippen LogP contribution is -2.42. The molecule has 0 atom stereocenters. The Morgan fingerprint density at radius 2 is 2.04 bits per heavy atom. The van der Waals surface area contributed by atoms with Crippen molar-refractivity contribution in [3.05, 3.63) is 35.7 Å². The summed E-state index contributed by atoms with van der Waals surface area (Å²) in [5.41, 5.74) is 0.935. The van der Waals surface area contributed by atoms with Gasteiger partial charge in [0.25, 0.3) is 0 Å². The normalized spacial score (nSPS) is 15.7. The number of amides is 2. The Morgan fingerprint density at radius 3 is 2.52 bits per heavy atom. The first kappa shape index (κ1) is 17.6. The van der Waals surface area contributed by atoms with Crippen LogP contribution in [0.15, 0.2) is 28.8 Å². The summed E-state index contributed by atoms with van der Waals surface area (Å²) in [6.07, 6.45) is 1.58. The molecule has 1 aromatic heterocycles. The molecule has 2 amide bonds. The molecule has 0 spiro atoms. The summed E-state index contributed by atoms with van der Waals surface area (Å²) in [5.74, 6) is -0.948. The van der Waals surface area contributed by atoms with Crippen LogP contribution >= 0.6 is 11.6 Å². The van der Waals surface area contributed by atoms with Crippen LogP contribution in [0.2, 0.25) is 0 Å². The van der Waals surface area contributed by atoms with Crippen LogP contribution in [-0.2, 0) is 15.8 Å². The Kier molecular flexibility index (Phi) is 4.38. The maximum absolute atomic E-state index is 12.9. The molecule has 1 fully saturated rings. The third kappa shape index (κ3) is 3.57. The van der Waals surface area contributed by atoms with Gasteiger partial charge < -0.3 is 9.84 Å². The summed E-state index contributed by atoms with van der Waals surface area (Å²) in [4.78, 5) is 20.4. The third-order valence-electron chi connectivity index (χ3n) is 4.02. The second kappa shape index (κ2) is 6.23. The minimum absolute atomic E-state index is 0.00914. The van der Waals surface area contributed by atoms with Crippen molar-refractivity contribution in [2.75, 3.05) is 14.2 Å². The van der Waals surface area contributed by atoms with Crippen molar-refractivity contribution in [3.63, 3.8) is 0 Å². The van der Waals surface area contributed by atoms with Crippen LogP contribution in [0.4, 0.5) is 13.6 Å². The van der Waals surface area contributed by atoms with E-state index in [2.05, 4.69) is 20.0 Å². The Hall–Kier alpha value is -2.26. The van der Waals surface area contributed by atoms with Gasteiger partial charge in [-0.05, 0) is 30.0 Å². The summed E-state index contributed by atoms with van der Waals surface area (Å²) < 4.78 is 30.4. The molecule has 0 unspecified atom stereocenters. The van der Waals surface area contributed by atoms with Gasteiger partial charge in [-0.25, -0.2) is 9.86 Å². The van der Waals surface area contributed by atoms with E-state index in [0.29, 0.717) is 5.56 Å². The second-order valence-electron chi connectivity index (χ2n) is 5.69. The topological polar surface area (TPSA) is 80.5 Å². The van der Waals surface area contributed by atoms with E-state index in [1.807, 2.05) is 0 Å². The van der Waals surface area contributed by atoms with Gasteiger partial charge >= 0.3 is 17.3 Å². The highest BCUT2D eigenvalue weighted by Gasteiger charge is 2.46. The Balaban J connectivity index is 1.76. The van der Waals surface area contributed by atoms with Crippen LogP contribution in [0, 0.1) is 0 Å². The van der Waals surface area contributed by atoms with Crippen molar-refractivity contribution in [2.24, 2.45) is 0 Å². The molecule has 3 rings (SSSR count). The molecule has 134 valence electrons. The lowest BCUT2D eigenvalue weighted by atomic mass is 10.0. The molecular weight excluding hydrogens is 358 g/mol. The lowest BCUT2D eigenvalue weighted by Gasteiger charge is -2.22. The molecule has 1 aliphatic carbocycles. The molecule has 1 aliphatic rings. The van der Waals surface area contributed by atoms with Gasteiger partial charge in [-0.15, -0.1) is 0 Å². The number of aromatic nitrogens is 2. The lowest BCUT2D eigenvalue weighted by molar-refractivity contribution is -0.0659. The summed E-state index contributed by atoms with van der Waals surface area (Å²) in [7, 11) is 2.91. The molecule has 1 saturated carbocycles. The molecule has 1 aromatic carbocycles. The van der Waals surface area contributed by atoms with Gasteiger partial charge in [-0.1, -0.05) is 29.4 Å². The fourth-order valence-corrected chi connectivity index (χ4v) is 2.45. The Morgan fingerprint density at radius 1 is 1.40 bits per heavy atom. The molecule has 25 heavy (non-hydrogen) atoms. The van der Waals surface area contributed by atoms with E-state index >= 15 is 0 Å². The largest absolute Gasteiger partial charge is 0.400 e. The smallest absolute Gasteiger partial charge is 0.331 e. The summed E-state index contributed by atoms with van der Waals surface area (Å²) in [5, 5.41) is 3.80. The van der Waals surface area contributed by atoms with Crippen LogP contribution in [0.25, 0.3) is 11.4 Å². The van der Waals surface area contributed by atoms with E-state index in [1.54, 1.807) is 24.3 Å². The molecular formula is C15H15ClF2N4O3. The molecule has 1 N–H and O–H groups in total. The van der Waals surface area contributed by atoms with Crippen molar-refractivity contribution in [2.45, 2.75) is 23.8 Å². The number of urea groups is 1. The first-order valence-corrected chi connectivity index (χ1v) is 7.75. The van der Waals surface area contributed by atoms with Crippen LogP contribution in [0.3, 0.4) is 0 Å². The number of carbonyl (C=O) groups excluding carboxylic acids is 1. The number of hydrogen-bond donors (Lipinski definition) is 1. The van der Waals surface area contributed by atoms with Crippen molar-refractivity contribution in [1.82, 2.24) is 20.5 Å². The van der Waals surface area contributed by atoms with Crippen LogP contribution in [0.5, 0.6) is 0 Å². The molecule has 1 heterocycles. The zero-order valence-corrected chi connectivity index (χ0v) is 14.2. The number of nitrogens with one attached hydrogen (secondary N) is 1. The highest BCUT2D eigenvalue weighted by molar-refractivity contribution is 6.21. The summed E-state index contributed by atoms with van der Waals surface area (Å²) in [6, 6.07) is 6.55. The van der Waals surface area contributed by atoms with E-state index in [-0.39, 0.29) is 11.9 Å². The minimum atomic E-state index is -3.71. The van der Waals surface area contributed by atoms with Gasteiger partial charge in [0.05, 0.1) is 12.6 Å². The second-order valence-corrected chi connectivity index (χ2v) is 6.17. The number of rotatable bonds is 5. The number of carbonyl (C=O) groups is 1. The van der Waals surface area contributed by atoms with E-state index in [4.69, 9.17) is 16.4 Å². The zero-order valence-electron chi connectivity index (χ0n) is 13.4. The van der Waals surface area contributed by atoms with E-state index in [1.165, 1.54) is 14.2 Å².